The first-order chi connectivity index (χ1) is 15.2. The summed E-state index contributed by atoms with van der Waals surface area (Å²) in [5.74, 6) is -1.23. The second-order valence-corrected chi connectivity index (χ2v) is 10.1. The lowest BCUT2D eigenvalue weighted by atomic mass is 9.93. The fraction of sp³-hybridized carbons (Fsp3) is 0.417. The van der Waals surface area contributed by atoms with Crippen molar-refractivity contribution in [1.29, 1.82) is 0 Å². The molecule has 0 heterocycles. The maximum Gasteiger partial charge on any atom is 0.234 e. The Labute approximate surface area is 197 Å². The third-order valence-corrected chi connectivity index (χ3v) is 6.91. The SMILES string of the molecule is CCSc1ccc(CC(O)[C@H](O)C(=O)[C@@](O)(SCC)C(=O)C(O)Cc2ccccc2)cc1. The Morgan fingerprint density at radius 3 is 2.00 bits per heavy atom. The van der Waals surface area contributed by atoms with Gasteiger partial charge in [-0.25, -0.2) is 0 Å². The van der Waals surface area contributed by atoms with Gasteiger partial charge >= 0.3 is 0 Å². The molecule has 0 saturated heterocycles. The Bertz CT molecular complexity index is 874. The fourth-order valence-corrected chi connectivity index (χ4v) is 4.87. The molecule has 0 aromatic heterocycles. The first-order valence-electron chi connectivity index (χ1n) is 10.5. The first-order valence-corrected chi connectivity index (χ1v) is 12.4. The molecule has 0 spiro atoms. The smallest absolute Gasteiger partial charge is 0.234 e. The summed E-state index contributed by atoms with van der Waals surface area (Å²) in [5, 5.41) is 42.2. The second-order valence-electron chi connectivity index (χ2n) is 7.30. The quantitative estimate of drug-likeness (QED) is 0.197. The van der Waals surface area contributed by atoms with E-state index in [1.54, 1.807) is 61.2 Å². The molecule has 4 atom stereocenters. The highest BCUT2D eigenvalue weighted by atomic mass is 32.2. The van der Waals surface area contributed by atoms with Crippen LogP contribution in [0.3, 0.4) is 0 Å². The number of carbonyl (C=O) groups is 2. The normalized spacial score (nSPS) is 16.1. The van der Waals surface area contributed by atoms with E-state index in [-0.39, 0.29) is 18.6 Å². The van der Waals surface area contributed by atoms with Crippen molar-refractivity contribution in [2.75, 3.05) is 11.5 Å². The second kappa shape index (κ2) is 12.5. The summed E-state index contributed by atoms with van der Waals surface area (Å²) >= 11 is 2.28. The van der Waals surface area contributed by atoms with Crippen LogP contribution in [0.15, 0.2) is 59.5 Å². The molecule has 0 aliphatic heterocycles. The summed E-state index contributed by atoms with van der Waals surface area (Å²) in [6.07, 6.45) is -5.26. The zero-order valence-electron chi connectivity index (χ0n) is 18.2. The summed E-state index contributed by atoms with van der Waals surface area (Å²) in [4.78, 5) is 24.2. The van der Waals surface area contributed by atoms with E-state index in [1.807, 2.05) is 19.1 Å². The molecule has 0 amide bonds. The number of ketones is 2. The average Bonchev–Trinajstić information content (AvgIpc) is 2.79. The van der Waals surface area contributed by atoms with Crippen molar-refractivity contribution in [2.45, 2.75) is 54.8 Å². The topological polar surface area (TPSA) is 115 Å². The number of carbonyl (C=O) groups excluding carboxylic acids is 2. The molecule has 2 aromatic rings. The summed E-state index contributed by atoms with van der Waals surface area (Å²) in [7, 11) is 0. The number of aliphatic hydroxyl groups excluding tert-OH is 3. The molecule has 0 aliphatic carbocycles. The zero-order valence-corrected chi connectivity index (χ0v) is 19.8. The van der Waals surface area contributed by atoms with E-state index in [4.69, 9.17) is 0 Å². The van der Waals surface area contributed by atoms with Gasteiger partial charge in [-0.05, 0) is 34.8 Å². The molecule has 2 unspecified atom stereocenters. The Hall–Kier alpha value is -1.68. The fourth-order valence-electron chi connectivity index (χ4n) is 3.25. The molecule has 174 valence electrons. The zero-order chi connectivity index (χ0) is 23.7. The number of benzene rings is 2. The Morgan fingerprint density at radius 2 is 1.44 bits per heavy atom. The third kappa shape index (κ3) is 6.91. The van der Waals surface area contributed by atoms with Gasteiger partial charge in [0.2, 0.25) is 16.5 Å². The molecule has 32 heavy (non-hydrogen) atoms. The molecule has 0 saturated carbocycles. The van der Waals surface area contributed by atoms with Gasteiger partial charge in [0.25, 0.3) is 0 Å². The van der Waals surface area contributed by atoms with Crippen LogP contribution >= 0.6 is 23.5 Å². The lowest BCUT2D eigenvalue weighted by Crippen LogP contribution is -2.55. The number of hydrogen-bond donors (Lipinski definition) is 4. The van der Waals surface area contributed by atoms with Crippen LogP contribution in [0.25, 0.3) is 0 Å². The number of aliphatic hydroxyl groups is 4. The molecule has 6 nitrogen and oxygen atoms in total. The highest BCUT2D eigenvalue weighted by Gasteiger charge is 2.50. The maximum atomic E-state index is 12.9. The largest absolute Gasteiger partial charge is 0.390 e. The van der Waals surface area contributed by atoms with Crippen molar-refractivity contribution in [3.8, 4) is 0 Å². The standard InChI is InChI=1S/C24H30O6S2/c1-3-31-18-12-10-17(11-13-18)14-19(25)21(27)23(29)24(30,32-4-2)22(28)20(26)15-16-8-6-5-7-9-16/h5-13,19-21,25-27,30H,3-4,14-15H2,1-2H3/t19?,20?,21-,24-/m0/s1. The lowest BCUT2D eigenvalue weighted by Gasteiger charge is -2.30. The van der Waals surface area contributed by atoms with Crippen LogP contribution in [0.5, 0.6) is 0 Å². The summed E-state index contributed by atoms with van der Waals surface area (Å²) in [6.45, 7) is 3.68. The lowest BCUT2D eigenvalue weighted by molar-refractivity contribution is -0.154. The van der Waals surface area contributed by atoms with Gasteiger partial charge < -0.3 is 20.4 Å². The van der Waals surface area contributed by atoms with Gasteiger partial charge in [0.05, 0.1) is 6.10 Å². The van der Waals surface area contributed by atoms with Gasteiger partial charge in [-0.2, -0.15) is 0 Å². The van der Waals surface area contributed by atoms with E-state index in [0.717, 1.165) is 10.6 Å². The minimum atomic E-state index is -2.66. The molecule has 0 aliphatic rings. The molecule has 2 rings (SSSR count). The molecular formula is C24H30O6S2. The monoisotopic (exact) mass is 478 g/mol. The maximum absolute atomic E-state index is 12.9. The van der Waals surface area contributed by atoms with Crippen molar-refractivity contribution in [3.63, 3.8) is 0 Å². The molecule has 4 N–H and O–H groups in total. The van der Waals surface area contributed by atoms with Crippen LogP contribution in [-0.4, -0.2) is 66.7 Å². The van der Waals surface area contributed by atoms with Crippen molar-refractivity contribution in [1.82, 2.24) is 0 Å². The van der Waals surface area contributed by atoms with Crippen LogP contribution < -0.4 is 0 Å². The summed E-state index contributed by atoms with van der Waals surface area (Å²) < 4.78 is 0. The van der Waals surface area contributed by atoms with E-state index in [2.05, 4.69) is 0 Å². The summed E-state index contributed by atoms with van der Waals surface area (Å²) in [5.41, 5.74) is 1.36. The minimum absolute atomic E-state index is 0.0301. The van der Waals surface area contributed by atoms with Crippen LogP contribution in [0.4, 0.5) is 0 Å². The van der Waals surface area contributed by atoms with Crippen molar-refractivity contribution >= 4 is 35.1 Å². The van der Waals surface area contributed by atoms with E-state index in [0.29, 0.717) is 22.9 Å². The summed E-state index contributed by atoms with van der Waals surface area (Å²) in [6, 6.07) is 16.1. The number of thioether (sulfide) groups is 2. The van der Waals surface area contributed by atoms with E-state index < -0.39 is 34.8 Å². The van der Waals surface area contributed by atoms with Gasteiger partial charge in [0, 0.05) is 17.7 Å². The molecule has 0 radical (unpaired) electrons. The highest BCUT2D eigenvalue weighted by Crippen LogP contribution is 2.29. The Balaban J connectivity index is 2.12. The van der Waals surface area contributed by atoms with Gasteiger partial charge in [0.1, 0.15) is 12.2 Å². The van der Waals surface area contributed by atoms with Crippen molar-refractivity contribution < 1.29 is 30.0 Å². The predicted octanol–water partition coefficient (Wildman–Crippen LogP) is 2.25. The molecule has 0 bridgehead atoms. The number of hydrogen-bond acceptors (Lipinski definition) is 8. The van der Waals surface area contributed by atoms with E-state index in [9.17, 15) is 30.0 Å². The average molecular weight is 479 g/mol. The van der Waals surface area contributed by atoms with Crippen LogP contribution in [0.2, 0.25) is 0 Å². The van der Waals surface area contributed by atoms with Crippen molar-refractivity contribution in [2.24, 2.45) is 0 Å². The predicted molar refractivity (Wildman–Crippen MR) is 128 cm³/mol. The van der Waals surface area contributed by atoms with Gasteiger partial charge in [-0.3, -0.25) is 9.59 Å². The number of rotatable bonds is 13. The molecule has 2 aromatic carbocycles. The van der Waals surface area contributed by atoms with Gasteiger partial charge in [0.15, 0.2) is 0 Å². The molecule has 8 heteroatoms. The molecular weight excluding hydrogens is 448 g/mol. The van der Waals surface area contributed by atoms with Crippen LogP contribution in [0, 0.1) is 0 Å². The highest BCUT2D eigenvalue weighted by molar-refractivity contribution is 8.02. The van der Waals surface area contributed by atoms with Gasteiger partial charge in [-0.1, -0.05) is 56.3 Å². The van der Waals surface area contributed by atoms with Crippen molar-refractivity contribution in [3.05, 3.63) is 65.7 Å². The van der Waals surface area contributed by atoms with Crippen LogP contribution in [0.1, 0.15) is 25.0 Å². The van der Waals surface area contributed by atoms with Gasteiger partial charge in [-0.15, -0.1) is 23.5 Å². The molecule has 0 fully saturated rings. The third-order valence-electron chi connectivity index (χ3n) is 4.91. The first kappa shape index (κ1) is 26.6. The van der Waals surface area contributed by atoms with E-state index >= 15 is 0 Å². The minimum Gasteiger partial charge on any atom is -0.390 e. The Kier molecular flexibility index (Phi) is 10.4. The Morgan fingerprint density at radius 1 is 0.844 bits per heavy atom. The van der Waals surface area contributed by atoms with Crippen LogP contribution in [-0.2, 0) is 22.4 Å². The van der Waals surface area contributed by atoms with E-state index in [1.165, 1.54) is 0 Å². The number of Topliss-reactive ketones (excluding diaryl/α,β-unsaturated/α-hetero) is 2.